The molecular weight excluding hydrogens is 314 g/mol. The highest BCUT2D eigenvalue weighted by Crippen LogP contribution is 2.29. The molecule has 0 saturated carbocycles. The Morgan fingerprint density at radius 1 is 0.875 bits per heavy atom. The van der Waals surface area contributed by atoms with Gasteiger partial charge in [-0.05, 0) is 45.9 Å². The Labute approximate surface area is 147 Å². The van der Waals surface area contributed by atoms with Gasteiger partial charge >= 0.3 is 0 Å². The number of benzene rings is 2. The smallest absolute Gasteiger partial charge is 0.181 e. The predicted molar refractivity (Wildman–Crippen MR) is 104 cm³/mol. The van der Waals surface area contributed by atoms with Crippen LogP contribution in [0.1, 0.15) is 50.7 Å². The van der Waals surface area contributed by atoms with Crippen molar-refractivity contribution in [2.45, 2.75) is 39.5 Å². The fourth-order valence-electron chi connectivity index (χ4n) is 2.83. The summed E-state index contributed by atoms with van der Waals surface area (Å²) in [6.07, 6.45) is 1.50. The van der Waals surface area contributed by atoms with Crippen molar-refractivity contribution in [2.75, 3.05) is 0 Å². The first-order valence-corrected chi connectivity index (χ1v) is 9.24. The number of para-hydroxylation sites is 1. The zero-order chi connectivity index (χ0) is 17.1. The molecule has 0 atom stereocenters. The summed E-state index contributed by atoms with van der Waals surface area (Å²) < 4.78 is 6.75. The molecule has 0 radical (unpaired) electrons. The van der Waals surface area contributed by atoms with Gasteiger partial charge in [-0.1, -0.05) is 58.0 Å². The molecule has 0 aliphatic carbocycles. The van der Waals surface area contributed by atoms with Crippen molar-refractivity contribution in [1.82, 2.24) is 4.98 Å². The molecule has 0 aliphatic heterocycles. The predicted octanol–water partition coefficient (Wildman–Crippen LogP) is 6.98. The largest absolute Gasteiger partial charge is 0.443 e. The van der Waals surface area contributed by atoms with Crippen LogP contribution in [0.5, 0.6) is 0 Å². The first kappa shape index (κ1) is 16.7. The molecule has 124 valence electrons. The van der Waals surface area contributed by atoms with Crippen LogP contribution in [0, 0.1) is 0 Å². The first-order chi connectivity index (χ1) is 11.6. The quantitative estimate of drug-likeness (QED) is 0.394. The van der Waals surface area contributed by atoms with Crippen LogP contribution in [0.4, 0.5) is 0 Å². The van der Waals surface area contributed by atoms with Crippen LogP contribution in [0.2, 0.25) is 0 Å². The third-order valence-electron chi connectivity index (χ3n) is 4.14. The fourth-order valence-corrected chi connectivity index (χ4v) is 3.90. The molecule has 2 nitrogen and oxygen atoms in total. The van der Waals surface area contributed by atoms with E-state index in [4.69, 9.17) is 4.42 Å². The highest BCUT2D eigenvalue weighted by atomic mass is 32.1. The summed E-state index contributed by atoms with van der Waals surface area (Å²) >= 11 is 1.84. The second-order valence-electron chi connectivity index (χ2n) is 6.54. The Morgan fingerprint density at radius 3 is 2.33 bits per heavy atom. The molecule has 4 aromatic rings. The van der Waals surface area contributed by atoms with Crippen LogP contribution in [0.25, 0.3) is 21.2 Å². The molecule has 24 heavy (non-hydrogen) atoms. The number of thiophene rings is 1. The van der Waals surface area contributed by atoms with E-state index < -0.39 is 0 Å². The number of aromatic nitrogens is 1. The lowest BCUT2D eigenvalue weighted by Gasteiger charge is -2.05. The van der Waals surface area contributed by atoms with Gasteiger partial charge in [-0.25, -0.2) is 4.98 Å². The lowest BCUT2D eigenvalue weighted by Crippen LogP contribution is -1.86. The molecule has 4 rings (SSSR count). The molecule has 0 amide bonds. The van der Waals surface area contributed by atoms with Crippen LogP contribution in [-0.2, 0) is 0 Å². The minimum absolute atomic E-state index is 0.488. The first-order valence-electron chi connectivity index (χ1n) is 8.36. The number of nitrogens with zero attached hydrogens (tertiary/aromatic N) is 1. The van der Waals surface area contributed by atoms with Crippen molar-refractivity contribution < 1.29 is 4.42 Å². The van der Waals surface area contributed by atoms with Gasteiger partial charge in [0.15, 0.2) is 12.0 Å². The maximum Gasteiger partial charge on any atom is 0.181 e. The summed E-state index contributed by atoms with van der Waals surface area (Å²) in [5, 5.41) is 3.54. The molecular formula is C21H23NOS. The third-order valence-corrected chi connectivity index (χ3v) is 5.12. The molecule has 0 fully saturated rings. The second-order valence-corrected chi connectivity index (χ2v) is 7.46. The van der Waals surface area contributed by atoms with E-state index in [9.17, 15) is 0 Å². The molecule has 0 N–H and O–H groups in total. The number of oxazole rings is 1. The van der Waals surface area contributed by atoms with Crippen molar-refractivity contribution >= 4 is 32.5 Å². The van der Waals surface area contributed by atoms with E-state index in [1.807, 2.05) is 23.5 Å². The van der Waals surface area contributed by atoms with Crippen LogP contribution in [-0.4, -0.2) is 4.98 Å². The van der Waals surface area contributed by atoms with Crippen LogP contribution >= 0.6 is 11.3 Å². The van der Waals surface area contributed by atoms with Gasteiger partial charge in [0.05, 0.1) is 0 Å². The zero-order valence-electron chi connectivity index (χ0n) is 14.6. The van der Waals surface area contributed by atoms with Gasteiger partial charge in [0.1, 0.15) is 5.52 Å². The molecule has 2 heterocycles. The molecule has 0 saturated heterocycles. The maximum atomic E-state index is 5.30. The Bertz CT molecular complexity index is 855. The third kappa shape index (κ3) is 3.36. The lowest BCUT2D eigenvalue weighted by atomic mass is 10.0. The number of hydrogen-bond acceptors (Lipinski definition) is 3. The lowest BCUT2D eigenvalue weighted by molar-refractivity contribution is 0.594. The van der Waals surface area contributed by atoms with Crippen molar-refractivity contribution in [3.05, 3.63) is 65.4 Å². The number of rotatable bonds is 2. The van der Waals surface area contributed by atoms with Crippen molar-refractivity contribution in [1.29, 1.82) is 0 Å². The molecule has 0 bridgehead atoms. The molecule has 0 spiro atoms. The average Bonchev–Trinajstić information content (AvgIpc) is 3.23. The standard InChI is InChI=1S/C11H12S.C10H11NO/c1-8(2)10-5-3-4-9-6-7-12-11(9)10;1-7(2)8-4-3-5-9-10(8)12-6-11-9/h3-8H,1-2H3;3-7H,1-2H3. The van der Waals surface area contributed by atoms with Crippen LogP contribution < -0.4 is 0 Å². The molecule has 3 heteroatoms. The van der Waals surface area contributed by atoms with Crippen LogP contribution in [0.15, 0.2) is 58.7 Å². The average molecular weight is 337 g/mol. The van der Waals surface area contributed by atoms with E-state index >= 15 is 0 Å². The van der Waals surface area contributed by atoms with Gasteiger partial charge in [-0.3, -0.25) is 0 Å². The summed E-state index contributed by atoms with van der Waals surface area (Å²) in [4.78, 5) is 4.10. The van der Waals surface area contributed by atoms with Crippen molar-refractivity contribution in [3.63, 3.8) is 0 Å². The number of hydrogen-bond donors (Lipinski definition) is 0. The summed E-state index contributed by atoms with van der Waals surface area (Å²) in [7, 11) is 0. The highest BCUT2D eigenvalue weighted by molar-refractivity contribution is 7.17. The molecule has 0 aliphatic rings. The van der Waals surface area contributed by atoms with Crippen LogP contribution in [0.3, 0.4) is 0 Å². The van der Waals surface area contributed by atoms with Gasteiger partial charge < -0.3 is 4.42 Å². The fraction of sp³-hybridized carbons (Fsp3) is 0.286. The van der Waals surface area contributed by atoms with E-state index in [1.54, 1.807) is 0 Å². The van der Waals surface area contributed by atoms with E-state index in [1.165, 1.54) is 27.6 Å². The molecule has 2 aromatic carbocycles. The topological polar surface area (TPSA) is 26.0 Å². The summed E-state index contributed by atoms with van der Waals surface area (Å²) in [5.74, 6) is 1.12. The van der Waals surface area contributed by atoms with Gasteiger partial charge in [0.2, 0.25) is 0 Å². The SMILES string of the molecule is CC(C)c1cccc2ccsc12.CC(C)c1cccc2ncoc12. The van der Waals surface area contributed by atoms with Gasteiger partial charge in [-0.15, -0.1) is 11.3 Å². The summed E-state index contributed by atoms with van der Waals surface area (Å²) in [6, 6.07) is 14.8. The summed E-state index contributed by atoms with van der Waals surface area (Å²) in [5.41, 5.74) is 4.57. The van der Waals surface area contributed by atoms with Gasteiger partial charge in [0, 0.05) is 4.70 Å². The Kier molecular flexibility index (Phi) is 5.00. The van der Waals surface area contributed by atoms with Crippen molar-refractivity contribution in [2.24, 2.45) is 0 Å². The number of fused-ring (bicyclic) bond motifs is 2. The Hall–Kier alpha value is -2.13. The van der Waals surface area contributed by atoms with E-state index in [0.717, 1.165) is 11.1 Å². The zero-order valence-corrected chi connectivity index (χ0v) is 15.4. The normalized spacial score (nSPS) is 11.2. The maximum absolute atomic E-state index is 5.30. The summed E-state index contributed by atoms with van der Waals surface area (Å²) in [6.45, 7) is 8.79. The second kappa shape index (κ2) is 7.18. The minimum Gasteiger partial charge on any atom is -0.443 e. The highest BCUT2D eigenvalue weighted by Gasteiger charge is 2.07. The minimum atomic E-state index is 0.488. The van der Waals surface area contributed by atoms with E-state index in [-0.39, 0.29) is 0 Å². The van der Waals surface area contributed by atoms with E-state index in [0.29, 0.717) is 11.8 Å². The molecule has 2 aromatic heterocycles. The monoisotopic (exact) mass is 337 g/mol. The van der Waals surface area contributed by atoms with E-state index in [2.05, 4.69) is 68.4 Å². The Morgan fingerprint density at radius 2 is 1.58 bits per heavy atom. The van der Waals surface area contributed by atoms with Crippen molar-refractivity contribution in [3.8, 4) is 0 Å². The van der Waals surface area contributed by atoms with Gasteiger partial charge in [-0.2, -0.15) is 0 Å². The molecule has 0 unspecified atom stereocenters. The van der Waals surface area contributed by atoms with Gasteiger partial charge in [0.25, 0.3) is 0 Å². The Balaban J connectivity index is 0.000000141.